The van der Waals surface area contributed by atoms with Crippen LogP contribution in [0.15, 0.2) is 84.9 Å². The predicted octanol–water partition coefficient (Wildman–Crippen LogP) is 5.35. The molecule has 29 heavy (non-hydrogen) atoms. The molecule has 2 nitrogen and oxygen atoms in total. The molecule has 0 aliphatic rings. The third-order valence-electron chi connectivity index (χ3n) is 3.91. The van der Waals surface area contributed by atoms with Gasteiger partial charge in [-0.05, 0) is 48.0 Å². The van der Waals surface area contributed by atoms with Crippen LogP contribution in [-0.4, -0.2) is 19.0 Å². The minimum absolute atomic E-state index is 0.266. The monoisotopic (exact) mass is 422 g/mol. The molecule has 0 saturated carbocycles. The minimum atomic E-state index is -6.00. The van der Waals surface area contributed by atoms with Gasteiger partial charge in [0.05, 0.1) is 11.5 Å². The Labute approximate surface area is 172 Å². The van der Waals surface area contributed by atoms with Gasteiger partial charge in [-0.1, -0.05) is 60.7 Å². The van der Waals surface area contributed by atoms with Crippen LogP contribution in [0.2, 0.25) is 0 Å². The molecule has 3 aromatic carbocycles. The van der Waals surface area contributed by atoms with Crippen molar-refractivity contribution in [3.63, 3.8) is 0 Å². The average molecular weight is 422 g/mol. The topological polar surface area (TPSA) is 26.3 Å². The van der Waals surface area contributed by atoms with E-state index in [2.05, 4.69) is 24.8 Å². The molecule has 3 aromatic rings. The van der Waals surface area contributed by atoms with E-state index in [4.69, 9.17) is 4.74 Å². The molecular weight excluding hydrogens is 403 g/mol. The summed E-state index contributed by atoms with van der Waals surface area (Å²) in [6.45, 7) is 0. The molecule has 1 unspecified atom stereocenters. The Morgan fingerprint density at radius 2 is 1.24 bits per heavy atom. The third-order valence-corrected chi connectivity index (χ3v) is 4.32. The third kappa shape index (κ3) is 8.03. The van der Waals surface area contributed by atoms with Gasteiger partial charge in [0.1, 0.15) is 11.5 Å². The second-order valence-electron chi connectivity index (χ2n) is 5.99. The molecule has 3 rings (SSSR count). The number of ether oxygens (including phenoxy) is 1. The van der Waals surface area contributed by atoms with Gasteiger partial charge in [-0.3, -0.25) is 0 Å². The highest BCUT2D eigenvalue weighted by Gasteiger charge is 2.20. The fraction of sp³-hybridized carbons (Fsp3) is 0.0952. The molecule has 0 bridgehead atoms. The van der Waals surface area contributed by atoms with Gasteiger partial charge < -0.3 is 22.0 Å². The molecule has 0 heterocycles. The zero-order valence-electron chi connectivity index (χ0n) is 15.3. The van der Waals surface area contributed by atoms with Crippen LogP contribution in [0.3, 0.4) is 0 Å². The van der Waals surface area contributed by atoms with Crippen LogP contribution in [0.1, 0.15) is 27.4 Å². The van der Waals surface area contributed by atoms with Gasteiger partial charge in [0.2, 0.25) is 0 Å². The van der Waals surface area contributed by atoms with E-state index in [-0.39, 0.29) is 11.9 Å². The summed E-state index contributed by atoms with van der Waals surface area (Å²) in [6.07, 6.45) is 0. The predicted molar refractivity (Wildman–Crippen MR) is 111 cm³/mol. The highest BCUT2D eigenvalue weighted by molar-refractivity contribution is 7.58. The van der Waals surface area contributed by atoms with E-state index in [9.17, 15) is 22.1 Å². The van der Waals surface area contributed by atoms with E-state index in [0.717, 1.165) is 5.75 Å². The van der Waals surface area contributed by atoms with Crippen molar-refractivity contribution in [1.29, 1.82) is 0 Å². The van der Waals surface area contributed by atoms with Crippen LogP contribution < -0.4 is 4.74 Å². The molecule has 152 valence electrons. The SMILES string of the molecule is F[B-](F)(F)F.O=C(Oc1ccc(C(C[SH2+])c2ccccc2)cc1)c1ccccc1. The Bertz CT molecular complexity index is 882. The highest BCUT2D eigenvalue weighted by atomic mass is 32.1. The smallest absolute Gasteiger partial charge is 0.423 e. The van der Waals surface area contributed by atoms with Crippen molar-refractivity contribution in [2.45, 2.75) is 5.92 Å². The van der Waals surface area contributed by atoms with Gasteiger partial charge in [-0.25, -0.2) is 4.79 Å². The van der Waals surface area contributed by atoms with Crippen molar-refractivity contribution in [2.24, 2.45) is 0 Å². The fourth-order valence-electron chi connectivity index (χ4n) is 2.62. The lowest BCUT2D eigenvalue weighted by atomic mass is 9.93. The molecule has 1 atom stereocenters. The number of carbonyl (C=O) groups is 1. The van der Waals surface area contributed by atoms with Crippen LogP contribution in [0, 0.1) is 0 Å². The van der Waals surface area contributed by atoms with Gasteiger partial charge >= 0.3 is 13.2 Å². The molecule has 0 aromatic heterocycles. The molecule has 0 aliphatic carbocycles. The molecule has 0 amide bonds. The number of hydrogen-bond acceptors (Lipinski definition) is 2. The first kappa shape index (κ1) is 22.6. The normalized spacial score (nSPS) is 11.8. The maximum absolute atomic E-state index is 12.1. The lowest BCUT2D eigenvalue weighted by Gasteiger charge is -2.13. The lowest BCUT2D eigenvalue weighted by Crippen LogP contribution is -2.08. The summed E-state index contributed by atoms with van der Waals surface area (Å²) < 4.78 is 44.4. The number of benzene rings is 3. The Morgan fingerprint density at radius 3 is 1.72 bits per heavy atom. The van der Waals surface area contributed by atoms with Crippen LogP contribution in [0.5, 0.6) is 5.75 Å². The summed E-state index contributed by atoms with van der Waals surface area (Å²) in [7, 11) is -6.00. The number of rotatable bonds is 5. The summed E-state index contributed by atoms with van der Waals surface area (Å²) in [4.78, 5) is 12.1. The van der Waals surface area contributed by atoms with Gasteiger partial charge in [0, 0.05) is 0 Å². The van der Waals surface area contributed by atoms with Crippen molar-refractivity contribution < 1.29 is 26.8 Å². The van der Waals surface area contributed by atoms with Crippen molar-refractivity contribution in [1.82, 2.24) is 0 Å². The summed E-state index contributed by atoms with van der Waals surface area (Å²) in [6, 6.07) is 27.0. The van der Waals surface area contributed by atoms with Gasteiger partial charge in [0.25, 0.3) is 0 Å². The van der Waals surface area contributed by atoms with E-state index < -0.39 is 7.25 Å². The second-order valence-corrected chi connectivity index (χ2v) is 6.40. The zero-order valence-corrected chi connectivity index (χ0v) is 16.3. The quantitative estimate of drug-likeness (QED) is 0.182. The largest absolute Gasteiger partial charge is 0.673 e. The van der Waals surface area contributed by atoms with Crippen LogP contribution >= 0.6 is 0 Å². The Hall–Kier alpha value is -2.74. The Kier molecular flexibility index (Phi) is 8.33. The van der Waals surface area contributed by atoms with Crippen molar-refractivity contribution in [3.8, 4) is 5.75 Å². The summed E-state index contributed by atoms with van der Waals surface area (Å²) in [5, 5.41) is 0. The molecule has 0 fully saturated rings. The van der Waals surface area contributed by atoms with E-state index in [1.54, 1.807) is 12.1 Å². The number of halogens is 4. The van der Waals surface area contributed by atoms with E-state index in [1.807, 2.05) is 60.7 Å². The number of hydrogen-bond donors (Lipinski definition) is 0. The van der Waals surface area contributed by atoms with Gasteiger partial charge in [-0.2, -0.15) is 0 Å². The molecule has 8 heteroatoms. The summed E-state index contributed by atoms with van der Waals surface area (Å²) in [5.41, 5.74) is 2.97. The van der Waals surface area contributed by atoms with Crippen LogP contribution in [-0.2, 0) is 12.6 Å². The Balaban J connectivity index is 0.000000537. The molecule has 0 N–H and O–H groups in total. The number of carbonyl (C=O) groups excluding carboxylic acids is 1. The van der Waals surface area contributed by atoms with Crippen molar-refractivity contribution in [3.05, 3.63) is 102 Å². The number of esters is 1. The van der Waals surface area contributed by atoms with Crippen molar-refractivity contribution in [2.75, 3.05) is 5.75 Å². The van der Waals surface area contributed by atoms with E-state index in [1.165, 1.54) is 11.1 Å². The standard InChI is InChI=1S/C21H18O2S.BF4/c22-21(18-9-5-2-6-10-18)23-19-13-11-17(12-14-19)20(15-24)16-7-3-1-4-8-16;2-1(3,4)5/h1-14,20,24H,15H2;/q;-1/p+1. The first-order chi connectivity index (χ1) is 13.8. The van der Waals surface area contributed by atoms with Gasteiger partial charge in [0.15, 0.2) is 0 Å². The Morgan fingerprint density at radius 1 is 0.793 bits per heavy atom. The summed E-state index contributed by atoms with van der Waals surface area (Å²) >= 11 is 3.65. The molecule has 0 spiro atoms. The molecule has 0 aliphatic heterocycles. The maximum atomic E-state index is 12.1. The fourth-order valence-corrected chi connectivity index (χ4v) is 3.09. The average Bonchev–Trinajstić information content (AvgIpc) is 2.70. The lowest BCUT2D eigenvalue weighted by molar-refractivity contribution is 0.0734. The van der Waals surface area contributed by atoms with Gasteiger partial charge in [-0.15, -0.1) is 0 Å². The minimum Gasteiger partial charge on any atom is -0.423 e. The van der Waals surface area contributed by atoms with Crippen LogP contribution in [0.25, 0.3) is 0 Å². The molecule has 0 saturated heterocycles. The maximum Gasteiger partial charge on any atom is 0.673 e. The van der Waals surface area contributed by atoms with Crippen LogP contribution in [0.4, 0.5) is 17.3 Å². The molecule has 0 radical (unpaired) electrons. The summed E-state index contributed by atoms with van der Waals surface area (Å²) in [5.74, 6) is 1.30. The van der Waals surface area contributed by atoms with E-state index in [0.29, 0.717) is 11.3 Å². The second kappa shape index (κ2) is 10.7. The zero-order chi connectivity index (χ0) is 21.3. The molecular formula is C21H19BF4O2S. The first-order valence-corrected chi connectivity index (χ1v) is 9.42. The first-order valence-electron chi connectivity index (χ1n) is 8.72. The van der Waals surface area contributed by atoms with Crippen molar-refractivity contribution >= 4 is 25.9 Å². The van der Waals surface area contributed by atoms with E-state index >= 15 is 0 Å². The highest BCUT2D eigenvalue weighted by Crippen LogP contribution is 2.26.